The molecule has 21 heavy (non-hydrogen) atoms. The molecule has 1 amide bonds. The SMILES string of the molecule is COC1=C2NC(=O)C(=O)C2C(Cl)C(c2ccc(F)cc2)=C1. The summed E-state index contributed by atoms with van der Waals surface area (Å²) in [4.78, 5) is 23.5. The largest absolute Gasteiger partial charge is 0.495 e. The molecule has 0 aromatic heterocycles. The van der Waals surface area contributed by atoms with E-state index in [1.54, 1.807) is 18.2 Å². The van der Waals surface area contributed by atoms with Crippen LogP contribution < -0.4 is 5.32 Å². The van der Waals surface area contributed by atoms with Gasteiger partial charge in [0.15, 0.2) is 0 Å². The lowest BCUT2D eigenvalue weighted by Gasteiger charge is -2.25. The molecule has 1 aromatic carbocycles. The van der Waals surface area contributed by atoms with E-state index >= 15 is 0 Å². The molecule has 1 heterocycles. The minimum absolute atomic E-state index is 0.363. The summed E-state index contributed by atoms with van der Waals surface area (Å²) in [6, 6.07) is 5.77. The maximum absolute atomic E-state index is 13.0. The third kappa shape index (κ3) is 2.14. The van der Waals surface area contributed by atoms with Crippen LogP contribution in [-0.2, 0) is 14.3 Å². The van der Waals surface area contributed by atoms with E-state index in [1.807, 2.05) is 0 Å². The van der Waals surface area contributed by atoms with Crippen LogP contribution >= 0.6 is 11.6 Å². The molecule has 1 fully saturated rings. The van der Waals surface area contributed by atoms with Crippen molar-refractivity contribution in [3.63, 3.8) is 0 Å². The number of benzene rings is 1. The Hall–Kier alpha value is -2.14. The molecule has 2 unspecified atom stereocenters. The summed E-state index contributed by atoms with van der Waals surface area (Å²) in [6.45, 7) is 0. The van der Waals surface area contributed by atoms with Crippen LogP contribution in [0.25, 0.3) is 5.57 Å². The van der Waals surface area contributed by atoms with Crippen LogP contribution in [0, 0.1) is 11.7 Å². The Balaban J connectivity index is 2.10. The fraction of sp³-hybridized carbons (Fsp3) is 0.200. The molecule has 3 rings (SSSR count). The second kappa shape index (κ2) is 5.00. The first-order chi connectivity index (χ1) is 10.0. The number of amides is 1. The summed E-state index contributed by atoms with van der Waals surface area (Å²) in [5.74, 6) is -2.05. The van der Waals surface area contributed by atoms with E-state index in [4.69, 9.17) is 16.3 Å². The summed E-state index contributed by atoms with van der Waals surface area (Å²) in [5, 5.41) is 1.78. The number of rotatable bonds is 2. The number of Topliss-reactive ketones (excluding diaryl/α,β-unsaturated/α-hetero) is 1. The van der Waals surface area contributed by atoms with Gasteiger partial charge in [-0.15, -0.1) is 11.6 Å². The molecule has 2 atom stereocenters. The highest BCUT2D eigenvalue weighted by Crippen LogP contribution is 2.40. The number of hydrogen-bond donors (Lipinski definition) is 1. The predicted octanol–water partition coefficient (Wildman–Crippen LogP) is 2.00. The van der Waals surface area contributed by atoms with Crippen molar-refractivity contribution in [2.45, 2.75) is 5.38 Å². The third-order valence-corrected chi connectivity index (χ3v) is 4.09. The monoisotopic (exact) mass is 307 g/mol. The van der Waals surface area contributed by atoms with Crippen molar-refractivity contribution in [2.75, 3.05) is 7.11 Å². The molecule has 1 N–H and O–H groups in total. The number of carbonyl (C=O) groups excluding carboxylic acids is 2. The number of alkyl halides is 1. The molecule has 1 aliphatic heterocycles. The average Bonchev–Trinajstić information content (AvgIpc) is 2.77. The minimum atomic E-state index is -0.792. The van der Waals surface area contributed by atoms with Crippen LogP contribution in [0.3, 0.4) is 0 Å². The maximum atomic E-state index is 13.0. The average molecular weight is 308 g/mol. The number of fused-ring (bicyclic) bond motifs is 1. The number of nitrogens with one attached hydrogen (secondary N) is 1. The third-order valence-electron chi connectivity index (χ3n) is 3.60. The first-order valence-electron chi connectivity index (χ1n) is 6.28. The zero-order valence-electron chi connectivity index (χ0n) is 11.0. The van der Waals surface area contributed by atoms with Gasteiger partial charge in [-0.3, -0.25) is 9.59 Å². The van der Waals surface area contributed by atoms with Gasteiger partial charge in [0.05, 0.1) is 24.1 Å². The number of halogens is 2. The highest BCUT2D eigenvalue weighted by atomic mass is 35.5. The number of methoxy groups -OCH3 is 1. The van der Waals surface area contributed by atoms with Crippen molar-refractivity contribution in [3.8, 4) is 0 Å². The molecule has 6 heteroatoms. The summed E-state index contributed by atoms with van der Waals surface area (Å²) < 4.78 is 18.3. The van der Waals surface area contributed by atoms with Gasteiger partial charge >= 0.3 is 0 Å². The van der Waals surface area contributed by atoms with E-state index < -0.39 is 23.0 Å². The van der Waals surface area contributed by atoms with Crippen molar-refractivity contribution >= 4 is 28.9 Å². The summed E-state index contributed by atoms with van der Waals surface area (Å²) in [5.41, 5.74) is 1.68. The Labute approximate surface area is 125 Å². The highest BCUT2D eigenvalue weighted by molar-refractivity contribution is 6.44. The second-order valence-corrected chi connectivity index (χ2v) is 5.26. The number of ketones is 1. The van der Waals surface area contributed by atoms with Gasteiger partial charge in [-0.1, -0.05) is 12.1 Å². The molecule has 2 aliphatic rings. The van der Waals surface area contributed by atoms with Crippen LogP contribution in [-0.4, -0.2) is 24.2 Å². The Morgan fingerprint density at radius 2 is 1.90 bits per heavy atom. The summed E-state index contributed by atoms with van der Waals surface area (Å²) in [6.07, 6.45) is 1.66. The van der Waals surface area contributed by atoms with Crippen molar-refractivity contribution < 1.29 is 18.7 Å². The first-order valence-corrected chi connectivity index (χ1v) is 6.71. The van der Waals surface area contributed by atoms with E-state index in [-0.39, 0.29) is 5.82 Å². The normalized spacial score (nSPS) is 24.6. The molecular formula is C15H11ClFNO3. The molecular weight excluding hydrogens is 297 g/mol. The van der Waals surface area contributed by atoms with Gasteiger partial charge in [-0.25, -0.2) is 4.39 Å². The van der Waals surface area contributed by atoms with E-state index in [0.717, 1.165) is 0 Å². The fourth-order valence-electron chi connectivity index (χ4n) is 2.56. The molecule has 0 radical (unpaired) electrons. The van der Waals surface area contributed by atoms with Crippen molar-refractivity contribution in [3.05, 3.63) is 53.2 Å². The number of carbonyl (C=O) groups is 2. The topological polar surface area (TPSA) is 55.4 Å². The van der Waals surface area contributed by atoms with Crippen LogP contribution in [0.15, 0.2) is 41.8 Å². The van der Waals surface area contributed by atoms with Crippen molar-refractivity contribution in [1.82, 2.24) is 5.32 Å². The fourth-order valence-corrected chi connectivity index (χ4v) is 2.99. The lowest BCUT2D eigenvalue weighted by atomic mass is 9.85. The van der Waals surface area contributed by atoms with Crippen molar-refractivity contribution in [1.29, 1.82) is 0 Å². The van der Waals surface area contributed by atoms with E-state index in [2.05, 4.69) is 5.32 Å². The van der Waals surface area contributed by atoms with E-state index in [0.29, 0.717) is 22.6 Å². The smallest absolute Gasteiger partial charge is 0.292 e. The van der Waals surface area contributed by atoms with Gasteiger partial charge < -0.3 is 10.1 Å². The van der Waals surface area contributed by atoms with Gasteiger partial charge in [0, 0.05) is 0 Å². The Morgan fingerprint density at radius 1 is 1.24 bits per heavy atom. The standard InChI is InChI=1S/C15H11ClFNO3/c1-21-10-6-9(7-2-4-8(17)5-3-7)12(16)11-13(10)18-15(20)14(11)19/h2-6,11-12H,1H3,(H,18,20). The van der Waals surface area contributed by atoms with Crippen molar-refractivity contribution in [2.24, 2.45) is 5.92 Å². The van der Waals surface area contributed by atoms with Crippen LogP contribution in [0.2, 0.25) is 0 Å². The van der Waals surface area contributed by atoms with Gasteiger partial charge in [-0.2, -0.15) is 0 Å². The maximum Gasteiger partial charge on any atom is 0.292 e. The van der Waals surface area contributed by atoms with E-state index in [1.165, 1.54) is 19.2 Å². The molecule has 1 aliphatic carbocycles. The van der Waals surface area contributed by atoms with Crippen LogP contribution in [0.5, 0.6) is 0 Å². The molecule has 0 spiro atoms. The molecule has 1 aromatic rings. The van der Waals surface area contributed by atoms with E-state index in [9.17, 15) is 14.0 Å². The second-order valence-electron chi connectivity index (χ2n) is 4.79. The Morgan fingerprint density at radius 3 is 2.52 bits per heavy atom. The van der Waals surface area contributed by atoms with Gasteiger partial charge in [-0.05, 0) is 29.3 Å². The molecule has 4 nitrogen and oxygen atoms in total. The zero-order chi connectivity index (χ0) is 15.1. The van der Waals surface area contributed by atoms with Gasteiger partial charge in [0.2, 0.25) is 5.78 Å². The number of hydrogen-bond acceptors (Lipinski definition) is 3. The quantitative estimate of drug-likeness (QED) is 0.671. The lowest BCUT2D eigenvalue weighted by molar-refractivity contribution is -0.136. The summed E-state index contributed by atoms with van der Waals surface area (Å²) in [7, 11) is 1.45. The molecule has 0 saturated carbocycles. The molecule has 0 bridgehead atoms. The Kier molecular flexibility index (Phi) is 3.29. The minimum Gasteiger partial charge on any atom is -0.495 e. The highest BCUT2D eigenvalue weighted by Gasteiger charge is 2.46. The Bertz CT molecular complexity index is 693. The molecule has 1 saturated heterocycles. The summed E-state index contributed by atoms with van der Waals surface area (Å²) >= 11 is 6.38. The predicted molar refractivity (Wildman–Crippen MR) is 74.7 cm³/mol. The van der Waals surface area contributed by atoms with Gasteiger partial charge in [0.25, 0.3) is 5.91 Å². The van der Waals surface area contributed by atoms with Crippen LogP contribution in [0.1, 0.15) is 5.56 Å². The van der Waals surface area contributed by atoms with Crippen LogP contribution in [0.4, 0.5) is 4.39 Å². The zero-order valence-corrected chi connectivity index (χ0v) is 11.8. The van der Waals surface area contributed by atoms with Gasteiger partial charge in [0.1, 0.15) is 11.6 Å². The molecule has 108 valence electrons. The number of ether oxygens (including phenoxy) is 1. The number of allylic oxidation sites excluding steroid dienone is 3. The first kappa shape index (κ1) is 13.8. The lowest BCUT2D eigenvalue weighted by Crippen LogP contribution is -2.27.